The minimum Gasteiger partial charge on any atom is -0.495 e. The zero-order valence-corrected chi connectivity index (χ0v) is 18.9. The van der Waals surface area contributed by atoms with Gasteiger partial charge < -0.3 is 9.84 Å². The van der Waals surface area contributed by atoms with Crippen LogP contribution in [-0.4, -0.2) is 20.6 Å². The second kappa shape index (κ2) is 9.77. The fourth-order valence-electron chi connectivity index (χ4n) is 2.71. The van der Waals surface area contributed by atoms with Crippen LogP contribution in [0.3, 0.4) is 0 Å². The highest BCUT2D eigenvalue weighted by Gasteiger charge is 2.20. The molecule has 0 aromatic heterocycles. The number of aliphatic hydroxyl groups is 1. The summed E-state index contributed by atoms with van der Waals surface area (Å²) in [5.74, 6) is 0.278. The highest BCUT2D eigenvalue weighted by Crippen LogP contribution is 2.33. The Bertz CT molecular complexity index is 1100. The monoisotopic (exact) mass is 493 g/mol. The summed E-state index contributed by atoms with van der Waals surface area (Å²) >= 11 is 4.80. The van der Waals surface area contributed by atoms with Gasteiger partial charge in [0.1, 0.15) is 10.6 Å². The van der Waals surface area contributed by atoms with Crippen LogP contribution in [0, 0.1) is 0 Å². The Labute approximate surface area is 183 Å². The maximum Gasteiger partial charge on any atom is 0.244 e. The third-order valence-corrected chi connectivity index (χ3v) is 7.36. The summed E-state index contributed by atoms with van der Waals surface area (Å²) in [6.45, 7) is 0.0725. The molecule has 0 amide bonds. The lowest BCUT2D eigenvalue weighted by Gasteiger charge is -2.14. The van der Waals surface area contributed by atoms with E-state index in [0.717, 1.165) is 20.9 Å². The molecule has 152 valence electrons. The lowest BCUT2D eigenvalue weighted by atomic mass is 10.2. The molecule has 0 radical (unpaired) electrons. The molecule has 0 saturated carbocycles. The Hall–Kier alpha value is -1.84. The summed E-state index contributed by atoms with van der Waals surface area (Å²) in [5, 5.41) is 9.55. The van der Waals surface area contributed by atoms with Gasteiger partial charge in [-0.05, 0) is 41.5 Å². The lowest BCUT2D eigenvalue weighted by Crippen LogP contribution is -2.24. The van der Waals surface area contributed by atoms with E-state index in [0.29, 0.717) is 4.47 Å². The SMILES string of the molecule is COc1ccc(Br)cc1S(=O)(=O)NCc1ccccc1Sc1ccccc1CO. The average molecular weight is 494 g/mol. The van der Waals surface area contributed by atoms with Crippen molar-refractivity contribution in [1.29, 1.82) is 0 Å². The van der Waals surface area contributed by atoms with E-state index in [9.17, 15) is 13.5 Å². The fourth-order valence-corrected chi connectivity index (χ4v) is 5.49. The Kier molecular flexibility index (Phi) is 7.37. The van der Waals surface area contributed by atoms with Crippen molar-refractivity contribution in [2.45, 2.75) is 27.8 Å². The van der Waals surface area contributed by atoms with Gasteiger partial charge in [0.25, 0.3) is 0 Å². The Morgan fingerprint density at radius 1 is 1.00 bits per heavy atom. The van der Waals surface area contributed by atoms with Crippen molar-refractivity contribution in [3.8, 4) is 5.75 Å². The molecule has 3 aromatic rings. The van der Waals surface area contributed by atoms with Crippen molar-refractivity contribution >= 4 is 37.7 Å². The van der Waals surface area contributed by atoms with Crippen LogP contribution >= 0.6 is 27.7 Å². The largest absolute Gasteiger partial charge is 0.495 e. The van der Waals surface area contributed by atoms with Crippen molar-refractivity contribution in [3.63, 3.8) is 0 Å². The van der Waals surface area contributed by atoms with Crippen molar-refractivity contribution in [2.24, 2.45) is 0 Å². The van der Waals surface area contributed by atoms with Crippen molar-refractivity contribution in [3.05, 3.63) is 82.3 Å². The standard InChI is InChI=1S/C21H20BrNO4S2/c1-27-18-11-10-17(22)12-21(18)29(25,26)23-13-15-6-2-4-8-19(15)28-20-9-5-3-7-16(20)14-24/h2-12,23-24H,13-14H2,1H3. The van der Waals surface area contributed by atoms with E-state index >= 15 is 0 Å². The smallest absolute Gasteiger partial charge is 0.244 e. The predicted octanol–water partition coefficient (Wildman–Crippen LogP) is 4.58. The van der Waals surface area contributed by atoms with Crippen LogP contribution in [0.2, 0.25) is 0 Å². The summed E-state index contributed by atoms with van der Waals surface area (Å²) < 4.78 is 34.2. The number of halogens is 1. The summed E-state index contributed by atoms with van der Waals surface area (Å²) in [4.78, 5) is 1.92. The van der Waals surface area contributed by atoms with Crippen LogP contribution in [0.5, 0.6) is 5.75 Å². The Balaban J connectivity index is 1.84. The van der Waals surface area contributed by atoms with Gasteiger partial charge in [0.2, 0.25) is 10.0 Å². The first-order valence-corrected chi connectivity index (χ1v) is 11.8. The van der Waals surface area contributed by atoms with Gasteiger partial charge in [0.15, 0.2) is 0 Å². The molecular formula is C21H20BrNO4S2. The van der Waals surface area contributed by atoms with Crippen LogP contribution in [0.1, 0.15) is 11.1 Å². The Morgan fingerprint density at radius 2 is 1.62 bits per heavy atom. The molecule has 3 aromatic carbocycles. The molecule has 8 heteroatoms. The maximum absolute atomic E-state index is 12.9. The summed E-state index contributed by atoms with van der Waals surface area (Å²) in [6, 6.07) is 20.0. The Morgan fingerprint density at radius 3 is 2.28 bits per heavy atom. The van der Waals surface area contributed by atoms with E-state index in [2.05, 4.69) is 20.7 Å². The van der Waals surface area contributed by atoms with Gasteiger partial charge in [-0.15, -0.1) is 0 Å². The number of benzene rings is 3. The molecule has 3 rings (SSSR count). The summed E-state index contributed by atoms with van der Waals surface area (Å²) in [7, 11) is -2.34. The number of hydrogen-bond acceptors (Lipinski definition) is 5. The topological polar surface area (TPSA) is 75.6 Å². The number of hydrogen-bond donors (Lipinski definition) is 2. The van der Waals surface area contributed by atoms with E-state index in [1.165, 1.54) is 24.9 Å². The van der Waals surface area contributed by atoms with E-state index < -0.39 is 10.0 Å². The number of methoxy groups -OCH3 is 1. The zero-order chi connectivity index (χ0) is 20.9. The molecule has 0 aliphatic rings. The lowest BCUT2D eigenvalue weighted by molar-refractivity contribution is 0.279. The number of rotatable bonds is 8. The maximum atomic E-state index is 12.9. The van der Waals surface area contributed by atoms with E-state index in [1.54, 1.807) is 12.1 Å². The number of aliphatic hydroxyl groups excluding tert-OH is 1. The third kappa shape index (κ3) is 5.40. The molecule has 2 N–H and O–H groups in total. The van der Waals surface area contributed by atoms with Crippen molar-refractivity contribution in [2.75, 3.05) is 7.11 Å². The third-order valence-electron chi connectivity index (χ3n) is 4.20. The van der Waals surface area contributed by atoms with Crippen LogP contribution in [0.15, 0.2) is 85.9 Å². The first-order valence-electron chi connectivity index (χ1n) is 8.72. The molecule has 0 unspecified atom stereocenters. The molecule has 5 nitrogen and oxygen atoms in total. The van der Waals surface area contributed by atoms with Gasteiger partial charge in [-0.25, -0.2) is 13.1 Å². The molecule has 0 spiro atoms. The zero-order valence-electron chi connectivity index (χ0n) is 15.6. The van der Waals surface area contributed by atoms with E-state index in [4.69, 9.17) is 4.74 Å². The molecule has 0 fully saturated rings. The highest BCUT2D eigenvalue weighted by molar-refractivity contribution is 9.10. The van der Waals surface area contributed by atoms with Crippen LogP contribution in [-0.2, 0) is 23.2 Å². The number of nitrogens with one attached hydrogen (secondary N) is 1. The molecule has 0 aliphatic carbocycles. The van der Waals surface area contributed by atoms with Gasteiger partial charge in [0, 0.05) is 20.8 Å². The van der Waals surface area contributed by atoms with Crippen molar-refractivity contribution < 1.29 is 18.3 Å². The van der Waals surface area contributed by atoms with Crippen LogP contribution < -0.4 is 9.46 Å². The fraction of sp³-hybridized carbons (Fsp3) is 0.143. The van der Waals surface area contributed by atoms with Gasteiger partial charge in [-0.3, -0.25) is 0 Å². The molecule has 0 aliphatic heterocycles. The molecule has 0 saturated heterocycles. The second-order valence-corrected chi connectivity index (χ2v) is 9.83. The quantitative estimate of drug-likeness (QED) is 0.480. The van der Waals surface area contributed by atoms with E-state index in [-0.39, 0.29) is 23.8 Å². The molecule has 0 atom stereocenters. The molecular weight excluding hydrogens is 474 g/mol. The first-order chi connectivity index (χ1) is 13.9. The number of sulfonamides is 1. The van der Waals surface area contributed by atoms with Gasteiger partial charge in [-0.2, -0.15) is 0 Å². The van der Waals surface area contributed by atoms with Crippen molar-refractivity contribution in [1.82, 2.24) is 4.72 Å². The molecule has 29 heavy (non-hydrogen) atoms. The summed E-state index contributed by atoms with van der Waals surface area (Å²) in [6.07, 6.45) is 0. The first kappa shape index (κ1) is 21.9. The minimum atomic E-state index is -3.78. The molecule has 0 heterocycles. The number of ether oxygens (including phenoxy) is 1. The van der Waals surface area contributed by atoms with Gasteiger partial charge in [0.05, 0.1) is 13.7 Å². The average Bonchev–Trinajstić information content (AvgIpc) is 2.73. The minimum absolute atomic E-state index is 0.0549. The normalized spacial score (nSPS) is 11.4. The van der Waals surface area contributed by atoms with E-state index in [1.807, 2.05) is 48.5 Å². The van der Waals surface area contributed by atoms with Gasteiger partial charge >= 0.3 is 0 Å². The second-order valence-electron chi connectivity index (χ2n) is 6.10. The predicted molar refractivity (Wildman–Crippen MR) is 118 cm³/mol. The van der Waals surface area contributed by atoms with Gasteiger partial charge in [-0.1, -0.05) is 64.1 Å². The van der Waals surface area contributed by atoms with Crippen LogP contribution in [0.25, 0.3) is 0 Å². The molecule has 0 bridgehead atoms. The highest BCUT2D eigenvalue weighted by atomic mass is 79.9. The van der Waals surface area contributed by atoms with Crippen LogP contribution in [0.4, 0.5) is 0 Å². The summed E-state index contributed by atoms with van der Waals surface area (Å²) in [5.41, 5.74) is 1.66.